The second-order valence-electron chi connectivity index (χ2n) is 7.54. The third-order valence-electron chi connectivity index (χ3n) is 5.75. The summed E-state index contributed by atoms with van der Waals surface area (Å²) in [6, 6.07) is 0. The number of quaternary nitrogens is 1. The molecule has 2 N–H and O–H groups in total. The van der Waals surface area contributed by atoms with E-state index in [1.165, 1.54) is 23.3 Å². The number of rotatable bonds is 7. The van der Waals surface area contributed by atoms with Gasteiger partial charge in [0.2, 0.25) is 5.82 Å². The Balaban J connectivity index is 1.57. The Bertz CT molecular complexity index is 1000. The third kappa shape index (κ3) is 3.51. The molecule has 1 amide bonds. The number of nitrogens with zero attached hydrogens (tertiary/aromatic N) is 4. The zero-order valence-corrected chi connectivity index (χ0v) is 17.8. The van der Waals surface area contributed by atoms with Crippen LogP contribution < -0.4 is 10.2 Å². The van der Waals surface area contributed by atoms with Crippen molar-refractivity contribution in [2.45, 2.75) is 52.9 Å². The van der Waals surface area contributed by atoms with E-state index in [-0.39, 0.29) is 11.7 Å². The molecule has 0 saturated heterocycles. The molecule has 0 fully saturated rings. The molecule has 4 rings (SSSR count). The summed E-state index contributed by atoms with van der Waals surface area (Å²) >= 11 is 1.78. The molecule has 3 aromatic rings. The van der Waals surface area contributed by atoms with Crippen LogP contribution in [0.5, 0.6) is 0 Å². The zero-order valence-electron chi connectivity index (χ0n) is 17.0. The van der Waals surface area contributed by atoms with Crippen LogP contribution in [0.4, 0.5) is 0 Å². The highest BCUT2D eigenvalue weighted by Gasteiger charge is 2.23. The van der Waals surface area contributed by atoms with Crippen LogP contribution in [-0.4, -0.2) is 51.7 Å². The summed E-state index contributed by atoms with van der Waals surface area (Å²) < 4.78 is 1.74. The second-order valence-corrected chi connectivity index (χ2v) is 8.62. The molecule has 0 radical (unpaired) electrons. The largest absolute Gasteiger partial charge is 0.349 e. The van der Waals surface area contributed by atoms with Crippen LogP contribution in [0.1, 0.15) is 60.0 Å². The first kappa shape index (κ1) is 19.3. The molecule has 8 heteroatoms. The molecule has 3 heterocycles. The van der Waals surface area contributed by atoms with Gasteiger partial charge in [-0.3, -0.25) is 4.79 Å². The summed E-state index contributed by atoms with van der Waals surface area (Å²) in [5.41, 5.74) is 2.14. The lowest BCUT2D eigenvalue weighted by atomic mass is 9.97. The molecule has 0 aromatic carbocycles. The Hall–Kier alpha value is -2.06. The molecule has 3 aromatic heterocycles. The van der Waals surface area contributed by atoms with Crippen LogP contribution in [0.25, 0.3) is 15.9 Å². The first-order chi connectivity index (χ1) is 13.6. The van der Waals surface area contributed by atoms with E-state index in [4.69, 9.17) is 4.98 Å². The maximum atomic E-state index is 12.6. The smallest absolute Gasteiger partial charge is 0.290 e. The highest BCUT2D eigenvalue weighted by molar-refractivity contribution is 7.19. The van der Waals surface area contributed by atoms with Gasteiger partial charge in [0.15, 0.2) is 5.65 Å². The summed E-state index contributed by atoms with van der Waals surface area (Å²) in [6.45, 7) is 10.3. The monoisotopic (exact) mass is 401 g/mol. The summed E-state index contributed by atoms with van der Waals surface area (Å²) in [5.74, 6) is 0.816. The van der Waals surface area contributed by atoms with Gasteiger partial charge < -0.3 is 10.2 Å². The van der Waals surface area contributed by atoms with E-state index in [1.807, 2.05) is 6.92 Å². The Morgan fingerprint density at radius 3 is 2.79 bits per heavy atom. The van der Waals surface area contributed by atoms with E-state index in [0.29, 0.717) is 6.54 Å². The predicted molar refractivity (Wildman–Crippen MR) is 111 cm³/mol. The van der Waals surface area contributed by atoms with Gasteiger partial charge in [-0.2, -0.15) is 4.52 Å². The van der Waals surface area contributed by atoms with Gasteiger partial charge in [-0.05, 0) is 52.0 Å². The Morgan fingerprint density at radius 1 is 1.21 bits per heavy atom. The fraction of sp³-hybridized carbons (Fsp3) is 0.600. The SMILES string of the molecule is CC[NH+](CC)CCCNC(=O)c1nc2c3c4c(sc3nc(C)n2n1)CCCC4. The van der Waals surface area contributed by atoms with Gasteiger partial charge in [-0.1, -0.05) is 0 Å². The molecule has 0 bridgehead atoms. The maximum absolute atomic E-state index is 12.6. The molecule has 7 nitrogen and oxygen atoms in total. The number of hydrogen-bond donors (Lipinski definition) is 2. The lowest BCUT2D eigenvalue weighted by Gasteiger charge is -2.14. The number of fused-ring (bicyclic) bond motifs is 5. The van der Waals surface area contributed by atoms with Gasteiger partial charge in [0.25, 0.3) is 5.91 Å². The number of hydrogen-bond acceptors (Lipinski definition) is 5. The number of amides is 1. The van der Waals surface area contributed by atoms with Crippen LogP contribution in [0.2, 0.25) is 0 Å². The highest BCUT2D eigenvalue weighted by Crippen LogP contribution is 2.37. The molecule has 0 aliphatic heterocycles. The number of thiophene rings is 1. The molecule has 150 valence electrons. The number of carbonyl (C=O) groups excluding carboxylic acids is 1. The van der Waals surface area contributed by atoms with Crippen LogP contribution in [-0.2, 0) is 12.8 Å². The number of nitrogens with one attached hydrogen (secondary N) is 2. The van der Waals surface area contributed by atoms with E-state index in [9.17, 15) is 4.79 Å². The highest BCUT2D eigenvalue weighted by atomic mass is 32.1. The fourth-order valence-electron chi connectivity index (χ4n) is 4.07. The minimum absolute atomic E-state index is 0.199. The molecule has 28 heavy (non-hydrogen) atoms. The van der Waals surface area contributed by atoms with Crippen molar-refractivity contribution in [2.24, 2.45) is 0 Å². The molecule has 0 atom stereocenters. The molecule has 1 aliphatic rings. The molecule has 0 unspecified atom stereocenters. The van der Waals surface area contributed by atoms with Gasteiger partial charge >= 0.3 is 0 Å². The molecular formula is C20H29N6OS+. The van der Waals surface area contributed by atoms with Crippen molar-refractivity contribution in [3.05, 3.63) is 22.1 Å². The molecule has 0 saturated carbocycles. The van der Waals surface area contributed by atoms with Crippen molar-refractivity contribution in [1.29, 1.82) is 0 Å². The fourth-order valence-corrected chi connectivity index (χ4v) is 5.38. The summed E-state index contributed by atoms with van der Waals surface area (Å²) in [7, 11) is 0. The summed E-state index contributed by atoms with van der Waals surface area (Å²) in [4.78, 5) is 26.0. The predicted octanol–water partition coefficient (Wildman–Crippen LogP) is 1.57. The van der Waals surface area contributed by atoms with Crippen LogP contribution in [0, 0.1) is 6.92 Å². The second kappa shape index (κ2) is 8.13. The van der Waals surface area contributed by atoms with Crippen molar-refractivity contribution >= 4 is 33.1 Å². The van der Waals surface area contributed by atoms with Crippen LogP contribution >= 0.6 is 11.3 Å². The number of carbonyl (C=O) groups is 1. The van der Waals surface area contributed by atoms with Gasteiger partial charge in [0.05, 0.1) is 25.0 Å². The standard InChI is InChI=1S/C20H28N6OS/c1-4-25(5-2)12-8-11-21-19(27)17-23-18-16-14-9-6-7-10-15(14)28-20(16)22-13(3)26(18)24-17/h4-12H2,1-3H3,(H,21,27)/p+1. The van der Waals surface area contributed by atoms with Gasteiger partial charge in [0.1, 0.15) is 10.7 Å². The van der Waals surface area contributed by atoms with Gasteiger partial charge in [-0.15, -0.1) is 16.4 Å². The first-order valence-corrected chi connectivity index (χ1v) is 11.2. The third-order valence-corrected chi connectivity index (χ3v) is 6.93. The Labute approximate surface area is 169 Å². The van der Waals surface area contributed by atoms with Gasteiger partial charge in [-0.25, -0.2) is 9.97 Å². The lowest BCUT2D eigenvalue weighted by Crippen LogP contribution is -3.11. The average molecular weight is 402 g/mol. The Kier molecular flexibility index (Phi) is 5.59. The minimum Gasteiger partial charge on any atom is -0.349 e. The number of aryl methyl sites for hydroxylation is 3. The summed E-state index contributed by atoms with van der Waals surface area (Å²) in [5, 5.41) is 8.55. The molecular weight excluding hydrogens is 372 g/mol. The van der Waals surface area contributed by atoms with Crippen molar-refractivity contribution in [2.75, 3.05) is 26.2 Å². The topological polar surface area (TPSA) is 76.6 Å². The van der Waals surface area contributed by atoms with Crippen molar-refractivity contribution in [3.8, 4) is 0 Å². The normalized spacial score (nSPS) is 14.1. The van der Waals surface area contributed by atoms with E-state index < -0.39 is 0 Å². The maximum Gasteiger partial charge on any atom is 0.290 e. The van der Waals surface area contributed by atoms with Crippen LogP contribution in [0.15, 0.2) is 0 Å². The molecule has 0 spiro atoms. The first-order valence-electron chi connectivity index (χ1n) is 10.4. The van der Waals surface area contributed by atoms with E-state index in [2.05, 4.69) is 29.2 Å². The number of aromatic nitrogens is 4. The zero-order chi connectivity index (χ0) is 19.7. The van der Waals surface area contributed by atoms with Crippen molar-refractivity contribution in [3.63, 3.8) is 0 Å². The van der Waals surface area contributed by atoms with Crippen molar-refractivity contribution < 1.29 is 9.69 Å². The van der Waals surface area contributed by atoms with Crippen molar-refractivity contribution in [1.82, 2.24) is 24.9 Å². The average Bonchev–Trinajstić information content (AvgIpc) is 3.29. The summed E-state index contributed by atoms with van der Waals surface area (Å²) in [6.07, 6.45) is 5.59. The van der Waals surface area contributed by atoms with E-state index >= 15 is 0 Å². The van der Waals surface area contributed by atoms with Gasteiger partial charge in [0, 0.05) is 17.8 Å². The van der Waals surface area contributed by atoms with Crippen LogP contribution in [0.3, 0.4) is 0 Å². The Morgan fingerprint density at radius 2 is 2.00 bits per heavy atom. The lowest BCUT2D eigenvalue weighted by molar-refractivity contribution is -0.896. The minimum atomic E-state index is -0.199. The quantitative estimate of drug-likeness (QED) is 0.589. The van der Waals surface area contributed by atoms with E-state index in [1.54, 1.807) is 20.8 Å². The molecule has 1 aliphatic carbocycles. The van der Waals surface area contributed by atoms with E-state index in [0.717, 1.165) is 60.6 Å².